The zero-order chi connectivity index (χ0) is 9.14. The largest absolute Gasteiger partial charge is 0.335 e. The van der Waals surface area contributed by atoms with Gasteiger partial charge < -0.3 is 0 Å². The number of amides is 1. The highest BCUT2D eigenvalue weighted by molar-refractivity contribution is 6.65. The summed E-state index contributed by atoms with van der Waals surface area (Å²) < 4.78 is 0. The molecule has 0 unspecified atom stereocenters. The summed E-state index contributed by atoms with van der Waals surface area (Å²) in [5, 5.41) is 0.194. The van der Waals surface area contributed by atoms with E-state index in [1.165, 1.54) is 0 Å². The number of aryl methyl sites for hydroxylation is 1. The Bertz CT molecular complexity index is 284. The third-order valence-electron chi connectivity index (χ3n) is 1.50. The van der Waals surface area contributed by atoms with Crippen LogP contribution in [0.2, 0.25) is 0 Å². The molecular formula is C8H9ClN2O. The van der Waals surface area contributed by atoms with Gasteiger partial charge in [-0.15, -0.1) is 0 Å². The normalized spacial score (nSPS) is 9.58. The number of hydrogen-bond donors (Lipinski definition) is 1. The molecule has 4 heteroatoms. The first kappa shape index (κ1) is 9.03. The number of halogens is 1. The molecule has 64 valence electrons. The summed E-state index contributed by atoms with van der Waals surface area (Å²) >= 11 is 5.16. The molecule has 0 saturated carbocycles. The van der Waals surface area contributed by atoms with Gasteiger partial charge in [0.25, 0.3) is 0 Å². The fourth-order valence-corrected chi connectivity index (χ4v) is 0.904. The van der Waals surface area contributed by atoms with Crippen LogP contribution < -0.4 is 10.9 Å². The second-order valence-electron chi connectivity index (χ2n) is 2.46. The molecular weight excluding hydrogens is 176 g/mol. The number of anilines is 1. The maximum Gasteiger partial charge on any atom is 0.335 e. The molecule has 0 radical (unpaired) electrons. The Morgan fingerprint density at radius 1 is 1.42 bits per heavy atom. The fourth-order valence-electron chi connectivity index (χ4n) is 0.807. The van der Waals surface area contributed by atoms with E-state index >= 15 is 0 Å². The van der Waals surface area contributed by atoms with Crippen LogP contribution in [0.4, 0.5) is 10.5 Å². The van der Waals surface area contributed by atoms with Gasteiger partial charge in [0, 0.05) is 0 Å². The van der Waals surface area contributed by atoms with E-state index in [4.69, 9.17) is 17.4 Å². The number of carbonyl (C=O) groups is 1. The van der Waals surface area contributed by atoms with Crippen molar-refractivity contribution in [2.75, 3.05) is 5.01 Å². The van der Waals surface area contributed by atoms with Crippen LogP contribution in [0.1, 0.15) is 5.56 Å². The second-order valence-corrected chi connectivity index (χ2v) is 2.78. The Morgan fingerprint density at radius 3 is 2.33 bits per heavy atom. The van der Waals surface area contributed by atoms with Crippen molar-refractivity contribution in [3.05, 3.63) is 29.8 Å². The molecule has 3 nitrogen and oxygen atoms in total. The molecule has 1 rings (SSSR count). The predicted octanol–water partition coefficient (Wildman–Crippen LogP) is 2.03. The highest BCUT2D eigenvalue weighted by Gasteiger charge is 2.06. The third-order valence-corrected chi connectivity index (χ3v) is 1.68. The maximum absolute atomic E-state index is 10.6. The predicted molar refractivity (Wildman–Crippen MR) is 49.1 cm³/mol. The van der Waals surface area contributed by atoms with Gasteiger partial charge in [0.1, 0.15) is 0 Å². The SMILES string of the molecule is Cc1ccc(N(N)C(=O)Cl)cc1. The number of hydrogen-bond acceptors (Lipinski definition) is 2. The average molecular weight is 185 g/mol. The topological polar surface area (TPSA) is 46.3 Å². The van der Waals surface area contributed by atoms with E-state index in [1.807, 2.05) is 19.1 Å². The Balaban J connectivity index is 2.89. The molecule has 0 aliphatic carbocycles. The summed E-state index contributed by atoms with van der Waals surface area (Å²) in [5.41, 5.74) is 1.69. The highest BCUT2D eigenvalue weighted by atomic mass is 35.5. The lowest BCUT2D eigenvalue weighted by molar-refractivity contribution is 0.264. The number of nitrogens with zero attached hydrogens (tertiary/aromatic N) is 1. The molecule has 0 bridgehead atoms. The van der Waals surface area contributed by atoms with Crippen molar-refractivity contribution < 1.29 is 4.79 Å². The molecule has 1 aromatic rings. The maximum atomic E-state index is 10.6. The highest BCUT2D eigenvalue weighted by Crippen LogP contribution is 2.12. The zero-order valence-electron chi connectivity index (χ0n) is 6.62. The monoisotopic (exact) mass is 184 g/mol. The molecule has 0 atom stereocenters. The van der Waals surface area contributed by atoms with Gasteiger partial charge >= 0.3 is 5.37 Å². The number of nitrogens with two attached hydrogens (primary N) is 1. The van der Waals surface area contributed by atoms with Crippen molar-refractivity contribution in [3.63, 3.8) is 0 Å². The molecule has 0 aromatic heterocycles. The second kappa shape index (κ2) is 3.56. The van der Waals surface area contributed by atoms with Gasteiger partial charge in [0.15, 0.2) is 0 Å². The van der Waals surface area contributed by atoms with Crippen LogP contribution in [0.3, 0.4) is 0 Å². The van der Waals surface area contributed by atoms with Crippen molar-refractivity contribution in [3.8, 4) is 0 Å². The van der Waals surface area contributed by atoms with E-state index in [0.717, 1.165) is 10.6 Å². The quantitative estimate of drug-likeness (QED) is 0.239. The minimum atomic E-state index is -0.696. The summed E-state index contributed by atoms with van der Waals surface area (Å²) in [6.45, 7) is 1.95. The Kier molecular flexibility index (Phi) is 2.68. The Morgan fingerprint density at radius 2 is 1.92 bits per heavy atom. The first-order chi connectivity index (χ1) is 5.61. The number of carbonyl (C=O) groups excluding carboxylic acids is 1. The van der Waals surface area contributed by atoms with Crippen LogP contribution in [0, 0.1) is 6.92 Å². The number of hydrazine groups is 1. The molecule has 0 aliphatic heterocycles. The summed E-state index contributed by atoms with van der Waals surface area (Å²) in [7, 11) is 0. The molecule has 1 aromatic carbocycles. The van der Waals surface area contributed by atoms with Gasteiger partial charge in [-0.2, -0.15) is 0 Å². The van der Waals surface area contributed by atoms with Gasteiger partial charge in [-0.1, -0.05) is 17.7 Å². The average Bonchev–Trinajstić information content (AvgIpc) is 2.04. The number of rotatable bonds is 1. The minimum absolute atomic E-state index is 0.584. The summed E-state index contributed by atoms with van der Waals surface area (Å²) in [6.07, 6.45) is 0. The lowest BCUT2D eigenvalue weighted by Crippen LogP contribution is -2.32. The lowest BCUT2D eigenvalue weighted by Gasteiger charge is -2.12. The first-order valence-corrected chi connectivity index (χ1v) is 3.80. The standard InChI is InChI=1S/C8H9ClN2O/c1-6-2-4-7(5-3-6)11(10)8(9)12/h2-5H,10H2,1H3. The van der Waals surface area contributed by atoms with E-state index in [2.05, 4.69) is 0 Å². The van der Waals surface area contributed by atoms with Crippen molar-refractivity contribution in [1.29, 1.82) is 0 Å². The minimum Gasteiger partial charge on any atom is -0.254 e. The van der Waals surface area contributed by atoms with Crippen LogP contribution in [0.25, 0.3) is 0 Å². The third kappa shape index (κ3) is 1.96. The van der Waals surface area contributed by atoms with Gasteiger partial charge in [-0.3, -0.25) is 4.79 Å². The number of benzene rings is 1. The van der Waals surface area contributed by atoms with Crippen LogP contribution in [-0.2, 0) is 0 Å². The van der Waals surface area contributed by atoms with Crippen LogP contribution in [-0.4, -0.2) is 5.37 Å². The molecule has 0 aliphatic rings. The molecule has 1 amide bonds. The van der Waals surface area contributed by atoms with E-state index < -0.39 is 5.37 Å². The van der Waals surface area contributed by atoms with Crippen LogP contribution in [0.5, 0.6) is 0 Å². The van der Waals surface area contributed by atoms with E-state index in [9.17, 15) is 4.79 Å². The molecule has 0 heterocycles. The zero-order valence-corrected chi connectivity index (χ0v) is 7.38. The smallest absolute Gasteiger partial charge is 0.254 e. The lowest BCUT2D eigenvalue weighted by atomic mass is 10.2. The first-order valence-electron chi connectivity index (χ1n) is 3.42. The molecule has 0 fully saturated rings. The Hall–Kier alpha value is -1.06. The summed E-state index contributed by atoms with van der Waals surface area (Å²) in [4.78, 5) is 10.6. The van der Waals surface area contributed by atoms with Crippen molar-refractivity contribution in [1.82, 2.24) is 0 Å². The van der Waals surface area contributed by atoms with Gasteiger partial charge in [-0.25, -0.2) is 10.9 Å². The van der Waals surface area contributed by atoms with Crippen molar-refractivity contribution in [2.24, 2.45) is 5.84 Å². The van der Waals surface area contributed by atoms with E-state index in [-0.39, 0.29) is 0 Å². The van der Waals surface area contributed by atoms with Crippen LogP contribution in [0.15, 0.2) is 24.3 Å². The van der Waals surface area contributed by atoms with Crippen molar-refractivity contribution >= 4 is 22.7 Å². The molecule has 0 spiro atoms. The van der Waals surface area contributed by atoms with Gasteiger partial charge in [0.05, 0.1) is 5.69 Å². The fraction of sp³-hybridized carbons (Fsp3) is 0.125. The molecule has 2 N–H and O–H groups in total. The molecule has 12 heavy (non-hydrogen) atoms. The summed E-state index contributed by atoms with van der Waals surface area (Å²) in [6, 6.07) is 7.18. The Labute approximate surface area is 75.7 Å². The summed E-state index contributed by atoms with van der Waals surface area (Å²) in [5.74, 6) is 5.34. The van der Waals surface area contributed by atoms with E-state index in [0.29, 0.717) is 5.69 Å². The molecule has 0 saturated heterocycles. The van der Waals surface area contributed by atoms with Gasteiger partial charge in [0.2, 0.25) is 0 Å². The van der Waals surface area contributed by atoms with E-state index in [1.54, 1.807) is 12.1 Å². The van der Waals surface area contributed by atoms with Crippen LogP contribution >= 0.6 is 11.6 Å². The van der Waals surface area contributed by atoms with Crippen molar-refractivity contribution in [2.45, 2.75) is 6.92 Å². The van der Waals surface area contributed by atoms with Gasteiger partial charge in [-0.05, 0) is 30.7 Å².